The van der Waals surface area contributed by atoms with E-state index in [2.05, 4.69) is 5.32 Å². The normalized spacial score (nSPS) is 15.2. The van der Waals surface area contributed by atoms with Crippen LogP contribution in [0.25, 0.3) is 0 Å². The van der Waals surface area contributed by atoms with Crippen LogP contribution in [0.4, 0.5) is 0 Å². The SMILES string of the molecule is Cc1ccn(C2CC2)c(=O)c1C(=O)NCC(CO)Cc1ccsc1. The number of aryl methyl sites for hydroxylation is 1. The first-order chi connectivity index (χ1) is 11.6. The Labute approximate surface area is 145 Å². The van der Waals surface area contributed by atoms with Crippen molar-refractivity contribution in [3.05, 3.63) is 56.1 Å². The molecule has 1 amide bonds. The van der Waals surface area contributed by atoms with Gasteiger partial charge >= 0.3 is 0 Å². The van der Waals surface area contributed by atoms with Gasteiger partial charge in [0.25, 0.3) is 11.5 Å². The number of carbonyl (C=O) groups is 1. The third-order valence-electron chi connectivity index (χ3n) is 4.41. The quantitative estimate of drug-likeness (QED) is 0.807. The Balaban J connectivity index is 1.68. The number of aliphatic hydroxyl groups is 1. The van der Waals surface area contributed by atoms with E-state index < -0.39 is 0 Å². The summed E-state index contributed by atoms with van der Waals surface area (Å²) in [5.74, 6) is -0.408. The fraction of sp³-hybridized carbons (Fsp3) is 0.444. The number of pyridine rings is 1. The molecule has 0 spiro atoms. The highest BCUT2D eigenvalue weighted by molar-refractivity contribution is 7.07. The predicted octanol–water partition coefficient (Wildman–Crippen LogP) is 2.13. The molecule has 0 aliphatic heterocycles. The van der Waals surface area contributed by atoms with Crippen molar-refractivity contribution in [3.8, 4) is 0 Å². The summed E-state index contributed by atoms with van der Waals surface area (Å²) >= 11 is 1.61. The van der Waals surface area contributed by atoms with Gasteiger partial charge in [0.05, 0.1) is 0 Å². The standard InChI is InChI=1S/C18H22N2O3S/c1-12-4-6-20(15-2-3-15)18(23)16(12)17(22)19-9-14(10-21)8-13-5-7-24-11-13/h4-7,11,14-15,21H,2-3,8-10H2,1H3,(H,19,22). The Morgan fingerprint density at radius 2 is 2.25 bits per heavy atom. The van der Waals surface area contributed by atoms with E-state index in [1.807, 2.05) is 22.9 Å². The Hall–Kier alpha value is -1.92. The minimum Gasteiger partial charge on any atom is -0.396 e. The van der Waals surface area contributed by atoms with Crippen molar-refractivity contribution in [2.45, 2.75) is 32.2 Å². The summed E-state index contributed by atoms with van der Waals surface area (Å²) < 4.78 is 1.66. The molecular weight excluding hydrogens is 324 g/mol. The van der Waals surface area contributed by atoms with Crippen molar-refractivity contribution < 1.29 is 9.90 Å². The van der Waals surface area contributed by atoms with Crippen LogP contribution in [-0.4, -0.2) is 28.7 Å². The molecule has 1 saturated carbocycles. The fourth-order valence-electron chi connectivity index (χ4n) is 2.83. The van der Waals surface area contributed by atoms with Crippen LogP contribution >= 0.6 is 11.3 Å². The second-order valence-electron chi connectivity index (χ2n) is 6.41. The fourth-order valence-corrected chi connectivity index (χ4v) is 3.51. The van der Waals surface area contributed by atoms with Gasteiger partial charge < -0.3 is 15.0 Å². The topological polar surface area (TPSA) is 71.3 Å². The van der Waals surface area contributed by atoms with Gasteiger partial charge in [-0.15, -0.1) is 0 Å². The monoisotopic (exact) mass is 346 g/mol. The second kappa shape index (κ2) is 7.32. The highest BCUT2D eigenvalue weighted by Crippen LogP contribution is 2.33. The summed E-state index contributed by atoms with van der Waals surface area (Å²) in [6.45, 7) is 2.13. The molecule has 1 fully saturated rings. The van der Waals surface area contributed by atoms with E-state index in [0.29, 0.717) is 18.5 Å². The van der Waals surface area contributed by atoms with Crippen LogP contribution < -0.4 is 10.9 Å². The van der Waals surface area contributed by atoms with Crippen LogP contribution in [0.3, 0.4) is 0 Å². The zero-order chi connectivity index (χ0) is 17.1. The maximum Gasteiger partial charge on any atom is 0.263 e. The molecule has 1 unspecified atom stereocenters. The average molecular weight is 346 g/mol. The van der Waals surface area contributed by atoms with Gasteiger partial charge in [-0.1, -0.05) is 0 Å². The molecule has 0 bridgehead atoms. The lowest BCUT2D eigenvalue weighted by molar-refractivity contribution is 0.0937. The zero-order valence-corrected chi connectivity index (χ0v) is 14.5. The van der Waals surface area contributed by atoms with Crippen LogP contribution in [0, 0.1) is 12.8 Å². The minimum atomic E-state index is -0.351. The van der Waals surface area contributed by atoms with Crippen LogP contribution in [0.15, 0.2) is 33.9 Å². The van der Waals surface area contributed by atoms with Crippen molar-refractivity contribution in [2.24, 2.45) is 5.92 Å². The van der Waals surface area contributed by atoms with Gasteiger partial charge in [-0.25, -0.2) is 0 Å². The maximum absolute atomic E-state index is 12.5. The number of thiophene rings is 1. The molecule has 3 rings (SSSR count). The highest BCUT2D eigenvalue weighted by atomic mass is 32.1. The summed E-state index contributed by atoms with van der Waals surface area (Å²) in [6, 6.07) is 4.09. The van der Waals surface area contributed by atoms with E-state index in [1.54, 1.807) is 29.0 Å². The Kier molecular flexibility index (Phi) is 5.16. The molecule has 5 nitrogen and oxygen atoms in total. The molecule has 128 valence electrons. The van der Waals surface area contributed by atoms with Crippen molar-refractivity contribution in [1.82, 2.24) is 9.88 Å². The van der Waals surface area contributed by atoms with E-state index in [9.17, 15) is 14.7 Å². The third kappa shape index (κ3) is 3.76. The lowest BCUT2D eigenvalue weighted by Crippen LogP contribution is -2.37. The number of nitrogens with zero attached hydrogens (tertiary/aromatic N) is 1. The Bertz CT molecular complexity index is 763. The number of hydrogen-bond acceptors (Lipinski definition) is 4. The zero-order valence-electron chi connectivity index (χ0n) is 13.7. The number of hydrogen-bond donors (Lipinski definition) is 2. The average Bonchev–Trinajstić information content (AvgIpc) is 3.27. The van der Waals surface area contributed by atoms with E-state index in [1.165, 1.54) is 0 Å². The van der Waals surface area contributed by atoms with Gasteiger partial charge in [-0.05, 0) is 60.2 Å². The largest absolute Gasteiger partial charge is 0.396 e. The molecular formula is C18H22N2O3S. The molecule has 2 N–H and O–H groups in total. The molecule has 0 saturated heterocycles. The maximum atomic E-state index is 12.5. The number of carbonyl (C=O) groups excluding carboxylic acids is 1. The molecule has 1 atom stereocenters. The van der Waals surface area contributed by atoms with Crippen LogP contribution in [0.1, 0.15) is 40.4 Å². The van der Waals surface area contributed by atoms with Gasteiger partial charge in [-0.2, -0.15) is 11.3 Å². The number of nitrogens with one attached hydrogen (secondary N) is 1. The van der Waals surface area contributed by atoms with Crippen molar-refractivity contribution in [2.75, 3.05) is 13.2 Å². The minimum absolute atomic E-state index is 0.00377. The summed E-state index contributed by atoms with van der Waals surface area (Å²) in [5.41, 5.74) is 1.85. The Morgan fingerprint density at radius 1 is 1.46 bits per heavy atom. The Morgan fingerprint density at radius 3 is 2.88 bits per heavy atom. The summed E-state index contributed by atoms with van der Waals surface area (Å²) in [5, 5.41) is 16.4. The van der Waals surface area contributed by atoms with Crippen molar-refractivity contribution in [1.29, 1.82) is 0 Å². The number of aliphatic hydroxyl groups excluding tert-OH is 1. The molecule has 6 heteroatoms. The lowest BCUT2D eigenvalue weighted by atomic mass is 10.0. The number of rotatable bonds is 7. The van der Waals surface area contributed by atoms with Crippen LogP contribution in [-0.2, 0) is 6.42 Å². The smallest absolute Gasteiger partial charge is 0.263 e. The van der Waals surface area contributed by atoms with Crippen LogP contribution in [0.2, 0.25) is 0 Å². The first kappa shape index (κ1) is 16.9. The van der Waals surface area contributed by atoms with Crippen LogP contribution in [0.5, 0.6) is 0 Å². The molecule has 2 aromatic heterocycles. The molecule has 0 radical (unpaired) electrons. The first-order valence-electron chi connectivity index (χ1n) is 8.22. The second-order valence-corrected chi connectivity index (χ2v) is 7.19. The lowest BCUT2D eigenvalue weighted by Gasteiger charge is -2.15. The van der Waals surface area contributed by atoms with Crippen molar-refractivity contribution in [3.63, 3.8) is 0 Å². The van der Waals surface area contributed by atoms with Gasteiger partial charge in [0.2, 0.25) is 0 Å². The molecule has 2 heterocycles. The van der Waals surface area contributed by atoms with Gasteiger partial charge in [0.15, 0.2) is 0 Å². The summed E-state index contributed by atoms with van der Waals surface area (Å²) in [6.07, 6.45) is 4.48. The summed E-state index contributed by atoms with van der Waals surface area (Å²) in [4.78, 5) is 25.0. The molecule has 24 heavy (non-hydrogen) atoms. The van der Waals surface area contributed by atoms with Gasteiger partial charge in [0.1, 0.15) is 5.56 Å². The molecule has 1 aliphatic carbocycles. The first-order valence-corrected chi connectivity index (χ1v) is 9.16. The molecule has 1 aliphatic rings. The number of amides is 1. The van der Waals surface area contributed by atoms with E-state index >= 15 is 0 Å². The third-order valence-corrected chi connectivity index (χ3v) is 5.14. The van der Waals surface area contributed by atoms with E-state index in [0.717, 1.165) is 18.4 Å². The molecule has 2 aromatic rings. The highest BCUT2D eigenvalue weighted by Gasteiger charge is 2.27. The summed E-state index contributed by atoms with van der Waals surface area (Å²) in [7, 11) is 0. The number of aromatic nitrogens is 1. The predicted molar refractivity (Wildman–Crippen MR) is 94.6 cm³/mol. The van der Waals surface area contributed by atoms with Crippen molar-refractivity contribution >= 4 is 17.2 Å². The van der Waals surface area contributed by atoms with Gasteiger partial charge in [-0.3, -0.25) is 9.59 Å². The van der Waals surface area contributed by atoms with E-state index in [-0.39, 0.29) is 35.6 Å². The molecule has 0 aromatic carbocycles. The van der Waals surface area contributed by atoms with E-state index in [4.69, 9.17) is 0 Å². The van der Waals surface area contributed by atoms with Gasteiger partial charge in [0, 0.05) is 31.3 Å².